The van der Waals surface area contributed by atoms with Gasteiger partial charge in [0.2, 0.25) is 6.33 Å². The minimum absolute atomic E-state index is 0.136. The molecule has 0 N–H and O–H groups in total. The Hall–Kier alpha value is -1.22. The molecule has 0 unspecified atom stereocenters. The maximum Gasteiger partial charge on any atom is 0.500 e. The molecule has 0 atom stereocenters. The summed E-state index contributed by atoms with van der Waals surface area (Å²) in [6.07, 6.45) is 10.1. The molecule has 0 spiro atoms. The second-order valence-corrected chi connectivity index (χ2v) is 15.7. The van der Waals surface area contributed by atoms with Crippen LogP contribution in [-0.2, 0) is 55.9 Å². The van der Waals surface area contributed by atoms with Crippen LogP contribution in [-0.4, -0.2) is 87.4 Å². The molecule has 230 valence electrons. The van der Waals surface area contributed by atoms with E-state index >= 15 is 0 Å². The van der Waals surface area contributed by atoms with Crippen molar-refractivity contribution in [2.45, 2.75) is 57.2 Å². The van der Waals surface area contributed by atoms with Gasteiger partial charge in [0, 0.05) is 39.4 Å². The van der Waals surface area contributed by atoms with E-state index in [9.17, 15) is 34.8 Å². The molecule has 0 aliphatic carbocycles. The van der Waals surface area contributed by atoms with Crippen LogP contribution in [0.2, 0.25) is 6.04 Å². The number of thioether (sulfide) groups is 1. The van der Waals surface area contributed by atoms with Crippen LogP contribution in [0, 0.1) is 0 Å². The molecule has 0 radical (unpaired) electrons. The second kappa shape index (κ2) is 18.3. The Labute approximate surface area is 234 Å². The van der Waals surface area contributed by atoms with Gasteiger partial charge in [0.05, 0.1) is 23.0 Å². The monoisotopic (exact) mass is 645 g/mol. The fourth-order valence-electron chi connectivity index (χ4n) is 2.81. The highest BCUT2D eigenvalue weighted by Crippen LogP contribution is 2.29. The van der Waals surface area contributed by atoms with E-state index in [2.05, 4.69) is 28.6 Å². The van der Waals surface area contributed by atoms with Gasteiger partial charge in [-0.15, -0.1) is 0 Å². The Balaban J connectivity index is 0.00000101. The summed E-state index contributed by atoms with van der Waals surface area (Å²) in [4.78, 5) is 11.8. The van der Waals surface area contributed by atoms with Crippen LogP contribution in [0.5, 0.6) is 0 Å². The topological polar surface area (TPSA) is 145 Å². The van der Waals surface area contributed by atoms with Crippen molar-refractivity contribution in [3.05, 3.63) is 22.8 Å². The van der Waals surface area contributed by atoms with Gasteiger partial charge in [-0.05, 0) is 18.6 Å². The Morgan fingerprint density at radius 3 is 2.18 bits per heavy atom. The van der Waals surface area contributed by atoms with Crippen molar-refractivity contribution < 1.29 is 57.4 Å². The first-order chi connectivity index (χ1) is 18.0. The summed E-state index contributed by atoms with van der Waals surface area (Å²) in [5, 5.41) is 0. The van der Waals surface area contributed by atoms with Crippen molar-refractivity contribution in [1.29, 1.82) is 0 Å². The van der Waals surface area contributed by atoms with Crippen molar-refractivity contribution in [1.82, 2.24) is 4.57 Å². The Morgan fingerprint density at radius 1 is 1.08 bits per heavy atom. The first kappa shape index (κ1) is 37.8. The molecule has 1 heterocycles. The molecule has 19 heteroatoms. The predicted octanol–water partition coefficient (Wildman–Crippen LogP) is 2.68. The summed E-state index contributed by atoms with van der Waals surface area (Å²) in [5.41, 5.74) is -5.67. The Morgan fingerprint density at radius 2 is 1.69 bits per heavy atom. The highest BCUT2D eigenvalue weighted by atomic mass is 32.3. The average Bonchev–Trinajstić information content (AvgIpc) is 3.28. The zero-order valence-electron chi connectivity index (χ0n) is 22.7. The van der Waals surface area contributed by atoms with Crippen molar-refractivity contribution in [2.75, 3.05) is 45.7 Å². The van der Waals surface area contributed by atoms with Gasteiger partial charge >= 0.3 is 20.3 Å². The first-order valence-corrected chi connectivity index (χ1v) is 18.1. The van der Waals surface area contributed by atoms with Crippen LogP contribution in [0.25, 0.3) is 4.13 Å². The molecule has 0 fully saturated rings. The van der Waals surface area contributed by atoms with Crippen LogP contribution >= 0.6 is 11.8 Å². The summed E-state index contributed by atoms with van der Waals surface area (Å²) in [5.74, 6) is 1.57. The van der Waals surface area contributed by atoms with Gasteiger partial charge < -0.3 is 22.1 Å². The second-order valence-electron chi connectivity index (χ2n) is 7.95. The number of ether oxygens (including phenoxy) is 1. The summed E-state index contributed by atoms with van der Waals surface area (Å²) >= 11 is 1.74. The van der Waals surface area contributed by atoms with E-state index in [1.807, 2.05) is 6.20 Å². The van der Waals surface area contributed by atoms with Crippen molar-refractivity contribution in [2.24, 2.45) is 0 Å². The number of carbonyl (C=O) groups excluding carboxylic acids is 1. The molecular weight excluding hydrogens is 608 g/mol. The quantitative estimate of drug-likeness (QED) is 0.101. The van der Waals surface area contributed by atoms with E-state index in [-0.39, 0.29) is 12.2 Å². The molecule has 1 rings (SSSR count). The van der Waals surface area contributed by atoms with Crippen LogP contribution in [0.1, 0.15) is 32.6 Å². The summed E-state index contributed by atoms with van der Waals surface area (Å²) in [7, 11) is -8.05. The standard InChI is InChI=1S/C18H35N2O5SSi.C2H3F3NO4S2/c1-5-6-9-19-10-11-20(17-19)12-13-25-18(21)8-15-26-14-7-16-27(22-2,23-3)24-4;1-11(7,8)6-12(9,10)2(3,4)5/h10-11,17H,5-9,12-16H2,1-4H3;1H3/q+1;-1. The lowest BCUT2D eigenvalue weighted by Crippen LogP contribution is -2.42. The zero-order chi connectivity index (χ0) is 30.2. The van der Waals surface area contributed by atoms with E-state index in [1.54, 1.807) is 37.2 Å². The van der Waals surface area contributed by atoms with Crippen LogP contribution in [0.4, 0.5) is 13.2 Å². The minimum atomic E-state index is -5.92. The maximum absolute atomic E-state index is 11.8. The van der Waals surface area contributed by atoms with E-state index in [4.69, 9.17) is 18.0 Å². The van der Waals surface area contributed by atoms with Gasteiger partial charge in [-0.2, -0.15) is 24.9 Å². The average molecular weight is 646 g/mol. The molecule has 12 nitrogen and oxygen atoms in total. The van der Waals surface area contributed by atoms with E-state index in [0.717, 1.165) is 30.5 Å². The van der Waals surface area contributed by atoms with E-state index < -0.39 is 34.4 Å². The van der Waals surface area contributed by atoms with Gasteiger partial charge in [-0.1, -0.05) is 13.3 Å². The lowest BCUT2D eigenvalue weighted by Gasteiger charge is -2.24. The number of aryl methyl sites for hydroxylation is 1. The van der Waals surface area contributed by atoms with Gasteiger partial charge in [0.15, 0.2) is 10.0 Å². The number of esters is 1. The van der Waals surface area contributed by atoms with Gasteiger partial charge in [0.25, 0.3) is 0 Å². The fraction of sp³-hybridized carbons (Fsp3) is 0.800. The fourth-order valence-corrected chi connectivity index (χ4v) is 7.41. The maximum atomic E-state index is 11.8. The van der Waals surface area contributed by atoms with E-state index in [0.29, 0.717) is 19.6 Å². The highest BCUT2D eigenvalue weighted by molar-refractivity contribution is 8.12. The summed E-state index contributed by atoms with van der Waals surface area (Å²) < 4.78 is 102. The number of carbonyl (C=O) groups is 1. The highest BCUT2D eigenvalue weighted by Gasteiger charge is 2.40. The largest absolute Gasteiger partial charge is 0.500 e. The molecule has 0 saturated carbocycles. The number of imidazole rings is 1. The minimum Gasteiger partial charge on any atom is -0.461 e. The number of hydrogen-bond acceptors (Lipinski definition) is 10. The van der Waals surface area contributed by atoms with Crippen LogP contribution < -0.4 is 4.57 Å². The van der Waals surface area contributed by atoms with Gasteiger partial charge in [0.1, 0.15) is 25.5 Å². The smallest absolute Gasteiger partial charge is 0.461 e. The first-order valence-electron chi connectivity index (χ1n) is 11.7. The van der Waals surface area contributed by atoms with Gasteiger partial charge in [-0.25, -0.2) is 26.0 Å². The molecule has 0 aliphatic heterocycles. The molecule has 0 aromatic carbocycles. The molecule has 0 amide bonds. The lowest BCUT2D eigenvalue weighted by molar-refractivity contribution is -0.696. The number of hydrogen-bond donors (Lipinski definition) is 0. The number of alkyl halides is 3. The van der Waals surface area contributed by atoms with Gasteiger partial charge in [-0.3, -0.25) is 4.79 Å². The number of halogens is 3. The SMILES string of the molecule is CCCC[n+]1ccn(CCOC(=O)CCSCCC[Si](OC)(OC)OC)c1.CS(=O)(=O)[N-]S(=O)(=O)C(F)(F)F. The Bertz CT molecular complexity index is 1040. The molecule has 1 aromatic heterocycles. The number of rotatable bonds is 18. The van der Waals surface area contributed by atoms with Crippen molar-refractivity contribution >= 4 is 46.6 Å². The summed E-state index contributed by atoms with van der Waals surface area (Å²) in [6, 6.07) is 0.781. The number of sulfonamides is 2. The normalized spacial score (nSPS) is 12.6. The lowest BCUT2D eigenvalue weighted by atomic mass is 10.3. The molecule has 0 saturated heterocycles. The molecule has 0 bridgehead atoms. The van der Waals surface area contributed by atoms with Crippen LogP contribution in [0.15, 0.2) is 18.7 Å². The third kappa shape index (κ3) is 16.6. The number of unbranched alkanes of at least 4 members (excludes halogenated alkanes) is 1. The molecular formula is C20H38F3N3O9S3Si. The third-order valence-corrected chi connectivity index (χ3v) is 11.2. The van der Waals surface area contributed by atoms with Crippen molar-refractivity contribution in [3.63, 3.8) is 0 Å². The predicted molar refractivity (Wildman–Crippen MR) is 142 cm³/mol. The number of aromatic nitrogens is 2. The van der Waals surface area contributed by atoms with Crippen molar-refractivity contribution in [3.8, 4) is 0 Å². The van der Waals surface area contributed by atoms with E-state index in [1.165, 1.54) is 12.8 Å². The number of nitrogens with zero attached hydrogens (tertiary/aromatic N) is 3. The molecule has 0 aliphatic rings. The Kier molecular flexibility index (Phi) is 17.7. The summed E-state index contributed by atoms with van der Waals surface area (Å²) in [6.45, 7) is 4.32. The van der Waals surface area contributed by atoms with Crippen LogP contribution in [0.3, 0.4) is 0 Å². The molecule has 1 aromatic rings. The zero-order valence-corrected chi connectivity index (χ0v) is 26.1. The third-order valence-electron chi connectivity index (χ3n) is 4.81. The molecule has 39 heavy (non-hydrogen) atoms.